The van der Waals surface area contributed by atoms with E-state index < -0.39 is 23.5 Å². The van der Waals surface area contributed by atoms with Gasteiger partial charge in [-0.3, -0.25) is 19.8 Å². The third kappa shape index (κ3) is 2.59. The predicted molar refractivity (Wildman–Crippen MR) is 110 cm³/mol. The summed E-state index contributed by atoms with van der Waals surface area (Å²) in [7, 11) is 1.27. The zero-order valence-electron chi connectivity index (χ0n) is 16.8. The molecule has 0 saturated carbocycles. The standard InChI is InChI=1S/C22H21N3O5/c1-11-14-9-12-5-3-7-25-8-4-6-13(17(12)25)18(14)30-21(28)15(11)10-16-19(26)23-22(29)24(2)20(16)27/h9-10H,3-8H2,1-2H3,(H,23,26,29)/b16-10+. The van der Waals surface area contributed by atoms with E-state index in [9.17, 15) is 19.2 Å². The van der Waals surface area contributed by atoms with E-state index in [4.69, 9.17) is 4.42 Å². The van der Waals surface area contributed by atoms with Crippen LogP contribution in [-0.2, 0) is 22.4 Å². The van der Waals surface area contributed by atoms with Gasteiger partial charge in [0.2, 0.25) is 0 Å². The number of nitrogens with zero attached hydrogens (tertiary/aromatic N) is 2. The van der Waals surface area contributed by atoms with Gasteiger partial charge in [-0.05, 0) is 55.9 Å². The summed E-state index contributed by atoms with van der Waals surface area (Å²) in [6, 6.07) is 1.28. The number of hydrogen-bond donors (Lipinski definition) is 1. The van der Waals surface area contributed by atoms with Gasteiger partial charge >= 0.3 is 11.7 Å². The van der Waals surface area contributed by atoms with Gasteiger partial charge < -0.3 is 9.32 Å². The van der Waals surface area contributed by atoms with Crippen LogP contribution in [0.2, 0.25) is 0 Å². The average Bonchev–Trinajstić information content (AvgIpc) is 2.73. The highest BCUT2D eigenvalue weighted by atomic mass is 16.4. The van der Waals surface area contributed by atoms with Crippen molar-refractivity contribution in [3.05, 3.63) is 44.3 Å². The third-order valence-corrected chi connectivity index (χ3v) is 6.29. The maximum atomic E-state index is 12.9. The van der Waals surface area contributed by atoms with Gasteiger partial charge in [-0.15, -0.1) is 0 Å². The number of urea groups is 1. The Hall–Kier alpha value is -3.42. The molecule has 0 spiro atoms. The van der Waals surface area contributed by atoms with Gasteiger partial charge in [0, 0.05) is 36.8 Å². The molecule has 1 N–H and O–H groups in total. The predicted octanol–water partition coefficient (Wildman–Crippen LogP) is 1.89. The van der Waals surface area contributed by atoms with E-state index in [0.717, 1.165) is 54.6 Å². The molecule has 2 aromatic rings. The number of likely N-dealkylation sites (N-methyl/N-ethyl adjacent to an activating group) is 1. The lowest BCUT2D eigenvalue weighted by Crippen LogP contribution is -2.52. The number of carbonyl (C=O) groups is 3. The number of anilines is 1. The Morgan fingerprint density at radius 2 is 1.83 bits per heavy atom. The van der Waals surface area contributed by atoms with Crippen molar-refractivity contribution in [3.63, 3.8) is 0 Å². The van der Waals surface area contributed by atoms with Crippen LogP contribution in [0.15, 0.2) is 20.9 Å². The SMILES string of the molecule is Cc1c(/C=C2\C(=O)NC(=O)N(C)C2=O)c(=O)oc2c3c4c(cc12)CCCN4CCC3. The van der Waals surface area contributed by atoms with Crippen LogP contribution in [0.25, 0.3) is 17.0 Å². The summed E-state index contributed by atoms with van der Waals surface area (Å²) in [5.74, 6) is -1.57. The Morgan fingerprint density at radius 1 is 1.10 bits per heavy atom. The molecule has 30 heavy (non-hydrogen) atoms. The fourth-order valence-electron chi connectivity index (χ4n) is 4.73. The summed E-state index contributed by atoms with van der Waals surface area (Å²) in [6.07, 6.45) is 5.15. The molecule has 0 atom stereocenters. The summed E-state index contributed by atoms with van der Waals surface area (Å²) < 4.78 is 5.75. The Balaban J connectivity index is 1.73. The molecule has 154 valence electrons. The van der Waals surface area contributed by atoms with Crippen molar-refractivity contribution in [1.29, 1.82) is 0 Å². The molecular weight excluding hydrogens is 386 g/mol. The second-order valence-electron chi connectivity index (χ2n) is 8.04. The van der Waals surface area contributed by atoms with Crippen LogP contribution < -0.4 is 15.8 Å². The molecule has 1 aromatic carbocycles. The molecule has 3 aliphatic heterocycles. The van der Waals surface area contributed by atoms with E-state index >= 15 is 0 Å². The highest BCUT2D eigenvalue weighted by Gasteiger charge is 2.34. The summed E-state index contributed by atoms with van der Waals surface area (Å²) in [4.78, 5) is 52.3. The van der Waals surface area contributed by atoms with Crippen molar-refractivity contribution in [3.8, 4) is 0 Å². The number of benzene rings is 1. The second-order valence-corrected chi connectivity index (χ2v) is 8.04. The third-order valence-electron chi connectivity index (χ3n) is 6.29. The average molecular weight is 407 g/mol. The number of imide groups is 2. The first-order chi connectivity index (χ1) is 14.4. The molecule has 4 amide bonds. The fourth-order valence-corrected chi connectivity index (χ4v) is 4.73. The number of nitrogens with one attached hydrogen (secondary N) is 1. The molecule has 1 fully saturated rings. The lowest BCUT2D eigenvalue weighted by molar-refractivity contribution is -0.129. The highest BCUT2D eigenvalue weighted by Crippen LogP contribution is 2.40. The Kier molecular flexibility index (Phi) is 4.06. The van der Waals surface area contributed by atoms with Crippen molar-refractivity contribution < 1.29 is 18.8 Å². The Bertz CT molecular complexity index is 1240. The van der Waals surface area contributed by atoms with Crippen LogP contribution in [-0.4, -0.2) is 42.9 Å². The van der Waals surface area contributed by atoms with E-state index in [1.807, 2.05) is 0 Å². The van der Waals surface area contributed by atoms with Gasteiger partial charge in [0.1, 0.15) is 11.2 Å². The van der Waals surface area contributed by atoms with Crippen LogP contribution in [0, 0.1) is 6.92 Å². The first-order valence-electron chi connectivity index (χ1n) is 10.1. The van der Waals surface area contributed by atoms with E-state index in [1.54, 1.807) is 6.92 Å². The molecule has 0 aliphatic carbocycles. The quantitative estimate of drug-likeness (QED) is 0.440. The zero-order chi connectivity index (χ0) is 21.2. The van der Waals surface area contributed by atoms with Crippen molar-refractivity contribution in [2.45, 2.75) is 32.6 Å². The van der Waals surface area contributed by atoms with Crippen molar-refractivity contribution in [1.82, 2.24) is 10.2 Å². The molecule has 8 nitrogen and oxygen atoms in total. The number of fused-ring (bicyclic) bond motifs is 2. The molecule has 4 heterocycles. The molecule has 1 aromatic heterocycles. The van der Waals surface area contributed by atoms with Gasteiger partial charge in [0.05, 0.1) is 5.56 Å². The minimum absolute atomic E-state index is 0.152. The topological polar surface area (TPSA) is 99.9 Å². The highest BCUT2D eigenvalue weighted by molar-refractivity contribution is 6.30. The number of barbiturate groups is 1. The number of hydrogen-bond acceptors (Lipinski definition) is 6. The number of aryl methyl sites for hydroxylation is 3. The molecular formula is C22H21N3O5. The van der Waals surface area contributed by atoms with Gasteiger partial charge in [-0.1, -0.05) is 0 Å². The Labute approximate surface area is 172 Å². The fraction of sp³-hybridized carbons (Fsp3) is 0.364. The largest absolute Gasteiger partial charge is 0.422 e. The molecule has 0 bridgehead atoms. The monoisotopic (exact) mass is 407 g/mol. The van der Waals surface area contributed by atoms with Crippen LogP contribution >= 0.6 is 0 Å². The first-order valence-corrected chi connectivity index (χ1v) is 10.1. The summed E-state index contributed by atoms with van der Waals surface area (Å²) in [5.41, 5.74) is 4.07. The number of rotatable bonds is 1. The lowest BCUT2D eigenvalue weighted by atomic mass is 9.88. The smallest absolute Gasteiger partial charge is 0.343 e. The van der Waals surface area contributed by atoms with Crippen LogP contribution in [0.1, 0.15) is 35.1 Å². The molecule has 1 saturated heterocycles. The minimum Gasteiger partial charge on any atom is -0.422 e. The van der Waals surface area contributed by atoms with E-state index in [2.05, 4.69) is 16.3 Å². The molecule has 3 aliphatic rings. The zero-order valence-corrected chi connectivity index (χ0v) is 16.8. The number of amides is 4. The normalized spacial score (nSPS) is 20.1. The minimum atomic E-state index is -0.821. The molecule has 8 heteroatoms. The van der Waals surface area contributed by atoms with Crippen LogP contribution in [0.5, 0.6) is 0 Å². The van der Waals surface area contributed by atoms with Crippen molar-refractivity contribution >= 4 is 40.6 Å². The van der Waals surface area contributed by atoms with Gasteiger partial charge in [0.15, 0.2) is 0 Å². The van der Waals surface area contributed by atoms with Crippen molar-refractivity contribution in [2.75, 3.05) is 25.0 Å². The molecule has 0 unspecified atom stereocenters. The van der Waals surface area contributed by atoms with Gasteiger partial charge in [-0.25, -0.2) is 9.59 Å². The maximum Gasteiger partial charge on any atom is 0.343 e. The van der Waals surface area contributed by atoms with Crippen molar-refractivity contribution in [2.24, 2.45) is 0 Å². The van der Waals surface area contributed by atoms with Gasteiger partial charge in [-0.2, -0.15) is 0 Å². The molecule has 5 rings (SSSR count). The summed E-state index contributed by atoms with van der Waals surface area (Å²) in [6.45, 7) is 3.83. The van der Waals surface area contributed by atoms with Crippen LogP contribution in [0.3, 0.4) is 0 Å². The summed E-state index contributed by atoms with van der Waals surface area (Å²) >= 11 is 0. The second kappa shape index (κ2) is 6.55. The van der Waals surface area contributed by atoms with Gasteiger partial charge in [0.25, 0.3) is 11.8 Å². The first kappa shape index (κ1) is 18.6. The van der Waals surface area contributed by atoms with E-state index in [0.29, 0.717) is 11.1 Å². The van der Waals surface area contributed by atoms with E-state index in [-0.39, 0.29) is 11.1 Å². The lowest BCUT2D eigenvalue weighted by Gasteiger charge is -2.37. The summed E-state index contributed by atoms with van der Waals surface area (Å²) in [5, 5.41) is 2.92. The Morgan fingerprint density at radius 3 is 2.60 bits per heavy atom. The van der Waals surface area contributed by atoms with E-state index in [1.165, 1.54) is 24.4 Å². The number of carbonyl (C=O) groups excluding carboxylic acids is 3. The molecule has 0 radical (unpaired) electrons. The van der Waals surface area contributed by atoms with Crippen LogP contribution in [0.4, 0.5) is 10.5 Å². The maximum absolute atomic E-state index is 12.9.